The Balaban J connectivity index is 0.000000730. The number of terminal acetylenes is 1. The van der Waals surface area contributed by atoms with E-state index in [4.69, 9.17) is 25.0 Å². The van der Waals surface area contributed by atoms with E-state index < -0.39 is 14.2 Å². The molecule has 10 heteroatoms. The molecule has 0 amide bonds. The molecule has 0 unspecified atom stereocenters. The average molecular weight is 369 g/mol. The number of aromatic nitrogens is 4. The Morgan fingerprint density at radius 1 is 1.40 bits per heavy atom. The third-order valence-corrected chi connectivity index (χ3v) is 3.77. The van der Waals surface area contributed by atoms with Crippen LogP contribution in [0.2, 0.25) is 0 Å². The van der Waals surface area contributed by atoms with Crippen molar-refractivity contribution < 1.29 is 19.3 Å². The van der Waals surface area contributed by atoms with Crippen molar-refractivity contribution >= 4 is 25.4 Å². The Morgan fingerprint density at radius 3 is 2.72 bits per heavy atom. The molecule has 138 valence electrons. The SMILES string of the molecule is C#C.CC.C[C@@]1(OCP(O)O)CC[C@H](n2cnc3c(N)ncnc32)O1. The molecule has 0 spiro atoms. The molecular weight excluding hydrogens is 345 g/mol. The summed E-state index contributed by atoms with van der Waals surface area (Å²) in [6.07, 6.45) is 11.9. The maximum absolute atomic E-state index is 8.94. The predicted octanol–water partition coefficient (Wildman–Crippen LogP) is 1.98. The van der Waals surface area contributed by atoms with E-state index in [1.165, 1.54) is 6.33 Å². The van der Waals surface area contributed by atoms with E-state index in [0.29, 0.717) is 29.8 Å². The van der Waals surface area contributed by atoms with E-state index in [1.54, 1.807) is 17.8 Å². The van der Waals surface area contributed by atoms with Crippen LogP contribution in [-0.4, -0.2) is 41.4 Å². The molecule has 0 saturated carbocycles. The molecule has 1 aliphatic heterocycles. The normalized spacial score (nSPS) is 22.2. The van der Waals surface area contributed by atoms with Crippen molar-refractivity contribution in [3.05, 3.63) is 12.7 Å². The highest BCUT2D eigenvalue weighted by Crippen LogP contribution is 2.40. The molecule has 2 atom stereocenters. The summed E-state index contributed by atoms with van der Waals surface area (Å²) in [6.45, 7) is 5.77. The second-order valence-electron chi connectivity index (χ2n) is 4.97. The van der Waals surface area contributed by atoms with E-state index >= 15 is 0 Å². The minimum atomic E-state index is -2.10. The van der Waals surface area contributed by atoms with Crippen molar-refractivity contribution in [3.63, 3.8) is 0 Å². The molecule has 0 aliphatic carbocycles. The molecule has 0 bridgehead atoms. The van der Waals surface area contributed by atoms with Gasteiger partial charge in [-0.2, -0.15) is 0 Å². The molecule has 1 aliphatic rings. The van der Waals surface area contributed by atoms with Gasteiger partial charge in [0.15, 0.2) is 25.6 Å². The Kier molecular flexibility index (Phi) is 8.16. The lowest BCUT2D eigenvalue weighted by molar-refractivity contribution is -0.218. The summed E-state index contributed by atoms with van der Waals surface area (Å²) < 4.78 is 13.1. The molecule has 2 aromatic rings. The number of ether oxygens (including phenoxy) is 2. The fraction of sp³-hybridized carbons (Fsp3) is 0.533. The van der Waals surface area contributed by atoms with Gasteiger partial charge >= 0.3 is 0 Å². The first-order valence-electron chi connectivity index (χ1n) is 7.72. The van der Waals surface area contributed by atoms with Crippen molar-refractivity contribution in [3.8, 4) is 12.8 Å². The van der Waals surface area contributed by atoms with Gasteiger partial charge in [0.1, 0.15) is 24.4 Å². The number of hydrogen-bond donors (Lipinski definition) is 3. The summed E-state index contributed by atoms with van der Waals surface area (Å²) in [5.74, 6) is -0.534. The highest BCUT2D eigenvalue weighted by atomic mass is 31.2. The third kappa shape index (κ3) is 5.08. The smallest absolute Gasteiger partial charge is 0.192 e. The van der Waals surface area contributed by atoms with E-state index in [-0.39, 0.29) is 12.6 Å². The number of anilines is 1. The topological polar surface area (TPSA) is 129 Å². The van der Waals surface area contributed by atoms with Gasteiger partial charge in [-0.05, 0) is 13.3 Å². The second kappa shape index (κ2) is 9.61. The summed E-state index contributed by atoms with van der Waals surface area (Å²) in [4.78, 5) is 30.2. The molecule has 25 heavy (non-hydrogen) atoms. The van der Waals surface area contributed by atoms with Gasteiger partial charge < -0.3 is 25.0 Å². The first kappa shape index (κ1) is 21.2. The van der Waals surface area contributed by atoms with Crippen molar-refractivity contribution in [2.45, 2.75) is 45.6 Å². The van der Waals surface area contributed by atoms with Crippen LogP contribution >= 0.6 is 8.38 Å². The molecule has 0 aromatic carbocycles. The summed E-state index contributed by atoms with van der Waals surface area (Å²) in [5.41, 5.74) is 6.89. The average Bonchev–Trinajstić information content (AvgIpc) is 3.22. The maximum Gasteiger partial charge on any atom is 0.192 e. The Hall–Kier alpha value is -1.82. The number of imidazole rings is 1. The lowest BCUT2D eigenvalue weighted by atomic mass is 10.2. The summed E-state index contributed by atoms with van der Waals surface area (Å²) in [5, 5.41) is 0. The maximum atomic E-state index is 8.94. The molecule has 4 N–H and O–H groups in total. The number of nitrogen functional groups attached to an aromatic ring is 1. The zero-order chi connectivity index (χ0) is 19.0. The highest BCUT2D eigenvalue weighted by Gasteiger charge is 2.39. The van der Waals surface area contributed by atoms with Crippen LogP contribution in [0.15, 0.2) is 12.7 Å². The van der Waals surface area contributed by atoms with Crippen LogP contribution in [-0.2, 0) is 9.47 Å². The predicted molar refractivity (Wildman–Crippen MR) is 96.0 cm³/mol. The lowest BCUT2D eigenvalue weighted by Gasteiger charge is -2.25. The van der Waals surface area contributed by atoms with Gasteiger partial charge in [0.25, 0.3) is 0 Å². The minimum Gasteiger partial charge on any atom is -0.382 e. The highest BCUT2D eigenvalue weighted by molar-refractivity contribution is 7.44. The summed E-state index contributed by atoms with van der Waals surface area (Å²) >= 11 is 0. The quantitative estimate of drug-likeness (QED) is 0.551. The van der Waals surface area contributed by atoms with Gasteiger partial charge in [0.05, 0.1) is 6.33 Å². The van der Waals surface area contributed by atoms with Gasteiger partial charge in [-0.3, -0.25) is 4.57 Å². The van der Waals surface area contributed by atoms with Gasteiger partial charge in [0, 0.05) is 6.42 Å². The van der Waals surface area contributed by atoms with Crippen molar-refractivity contribution in [1.82, 2.24) is 19.5 Å². The van der Waals surface area contributed by atoms with Crippen LogP contribution in [0.5, 0.6) is 0 Å². The minimum absolute atomic E-state index is 0.141. The zero-order valence-electron chi connectivity index (χ0n) is 14.5. The van der Waals surface area contributed by atoms with Crippen LogP contribution in [0.25, 0.3) is 11.2 Å². The Bertz CT molecular complexity index is 693. The molecule has 0 radical (unpaired) electrons. The number of fused-ring (bicyclic) bond motifs is 1. The molecule has 2 aromatic heterocycles. The van der Waals surface area contributed by atoms with Crippen LogP contribution in [0.4, 0.5) is 5.82 Å². The molecule has 1 fully saturated rings. The summed E-state index contributed by atoms with van der Waals surface area (Å²) in [7, 11) is -2.10. The van der Waals surface area contributed by atoms with Crippen LogP contribution in [0, 0.1) is 12.8 Å². The van der Waals surface area contributed by atoms with Gasteiger partial charge in [-0.25, -0.2) is 15.0 Å². The fourth-order valence-electron chi connectivity index (χ4n) is 2.37. The van der Waals surface area contributed by atoms with Crippen LogP contribution in [0.1, 0.15) is 39.8 Å². The van der Waals surface area contributed by atoms with E-state index in [1.807, 2.05) is 13.8 Å². The first-order valence-corrected chi connectivity index (χ1v) is 9.15. The Morgan fingerprint density at radius 2 is 2.08 bits per heavy atom. The molecule has 3 heterocycles. The molecule has 1 saturated heterocycles. The Labute approximate surface area is 148 Å². The van der Waals surface area contributed by atoms with E-state index in [0.717, 1.165) is 0 Å². The number of rotatable bonds is 4. The molecule has 9 nitrogen and oxygen atoms in total. The monoisotopic (exact) mass is 369 g/mol. The number of nitrogens with two attached hydrogens (primary N) is 1. The zero-order valence-corrected chi connectivity index (χ0v) is 15.4. The summed E-state index contributed by atoms with van der Waals surface area (Å²) in [6, 6.07) is 0. The van der Waals surface area contributed by atoms with Crippen molar-refractivity contribution in [1.29, 1.82) is 0 Å². The van der Waals surface area contributed by atoms with Crippen molar-refractivity contribution in [2.24, 2.45) is 0 Å². The number of hydrogen-bond acceptors (Lipinski definition) is 8. The van der Waals surface area contributed by atoms with Crippen molar-refractivity contribution in [2.75, 3.05) is 12.1 Å². The van der Waals surface area contributed by atoms with Gasteiger partial charge in [-0.1, -0.05) is 13.8 Å². The molecule has 3 rings (SSSR count). The van der Waals surface area contributed by atoms with Gasteiger partial charge in [-0.15, -0.1) is 12.8 Å². The number of nitrogens with zero attached hydrogens (tertiary/aromatic N) is 4. The first-order chi connectivity index (χ1) is 12.0. The fourth-order valence-corrected chi connectivity index (χ4v) is 2.76. The van der Waals surface area contributed by atoms with E-state index in [9.17, 15) is 0 Å². The standard InChI is InChI=1S/C11H16N5O4P.C2H6.C2H2/c1-11(19-6-21(17)18)3-2-7(20-11)16-5-15-8-9(12)13-4-14-10(8)16;2*1-2/h4-5,7,17-18H,2-3,6H2,1H3,(H2,12,13,14);1-2H3;1-2H/t7-,11+;;/m1../s1. The largest absolute Gasteiger partial charge is 0.382 e. The van der Waals surface area contributed by atoms with Crippen LogP contribution in [0.3, 0.4) is 0 Å². The molecular formula is C15H24N5O4P. The van der Waals surface area contributed by atoms with E-state index in [2.05, 4.69) is 27.8 Å². The lowest BCUT2D eigenvalue weighted by Crippen LogP contribution is -2.28. The second-order valence-corrected chi connectivity index (χ2v) is 5.98. The van der Waals surface area contributed by atoms with Gasteiger partial charge in [0.2, 0.25) is 0 Å². The van der Waals surface area contributed by atoms with Crippen LogP contribution < -0.4 is 5.73 Å². The third-order valence-electron chi connectivity index (χ3n) is 3.41.